The Morgan fingerprint density at radius 2 is 1.45 bits per heavy atom. The van der Waals surface area contributed by atoms with Crippen molar-refractivity contribution in [3.63, 3.8) is 0 Å². The van der Waals surface area contributed by atoms with Gasteiger partial charge in [-0.1, -0.05) is 25.3 Å². The van der Waals surface area contributed by atoms with Gasteiger partial charge in [0.15, 0.2) is 0 Å². The fraction of sp³-hybridized carbons (Fsp3) is 0.346. The molecule has 7 heteroatoms. The van der Waals surface area contributed by atoms with Gasteiger partial charge in [-0.15, -0.1) is 0 Å². The van der Waals surface area contributed by atoms with Gasteiger partial charge in [-0.2, -0.15) is 4.98 Å². The van der Waals surface area contributed by atoms with Crippen molar-refractivity contribution in [2.75, 3.05) is 21.3 Å². The Morgan fingerprint density at radius 3 is 2.18 bits per heavy atom. The van der Waals surface area contributed by atoms with Crippen molar-refractivity contribution in [2.24, 2.45) is 0 Å². The fourth-order valence-corrected chi connectivity index (χ4v) is 4.02. The number of anilines is 5. The molecule has 1 fully saturated rings. The number of benzene rings is 2. The Bertz CT molecular complexity index is 1110. The lowest BCUT2D eigenvalue weighted by atomic mass is 9.96. The van der Waals surface area contributed by atoms with E-state index in [0.29, 0.717) is 17.7 Å². The minimum absolute atomic E-state index is 0.274. The minimum Gasteiger partial charge on any atom is -0.351 e. The van der Waals surface area contributed by atoms with E-state index in [1.54, 1.807) is 0 Å². The Hall–Kier alpha value is -3.61. The van der Waals surface area contributed by atoms with Crippen LogP contribution in [-0.4, -0.2) is 22.0 Å². The number of nitrogens with zero attached hydrogens (tertiary/aromatic N) is 2. The lowest BCUT2D eigenvalue weighted by Crippen LogP contribution is -2.23. The molecule has 33 heavy (non-hydrogen) atoms. The summed E-state index contributed by atoms with van der Waals surface area (Å²) in [6.45, 7) is 6.05. The van der Waals surface area contributed by atoms with Crippen molar-refractivity contribution < 1.29 is 4.79 Å². The van der Waals surface area contributed by atoms with E-state index in [2.05, 4.69) is 31.2 Å². The molecular weight excluding hydrogens is 412 g/mol. The van der Waals surface area contributed by atoms with E-state index in [1.807, 2.05) is 69.3 Å². The first-order valence-electron chi connectivity index (χ1n) is 11.6. The molecule has 1 aliphatic carbocycles. The molecule has 2 aromatic carbocycles. The van der Waals surface area contributed by atoms with Gasteiger partial charge >= 0.3 is 6.03 Å². The quantitative estimate of drug-likeness (QED) is 0.347. The highest BCUT2D eigenvalue weighted by Gasteiger charge is 2.14. The second kappa shape index (κ2) is 10.3. The molecule has 0 spiro atoms. The molecule has 172 valence electrons. The zero-order valence-corrected chi connectivity index (χ0v) is 19.5. The first kappa shape index (κ1) is 22.6. The summed E-state index contributed by atoms with van der Waals surface area (Å²) in [5.41, 5.74) is 5.61. The fourth-order valence-electron chi connectivity index (χ4n) is 4.02. The predicted molar refractivity (Wildman–Crippen MR) is 136 cm³/mol. The molecule has 4 N–H and O–H groups in total. The van der Waals surface area contributed by atoms with Gasteiger partial charge in [-0.05, 0) is 81.1 Å². The average molecular weight is 445 g/mol. The van der Waals surface area contributed by atoms with Gasteiger partial charge in [0.05, 0.1) is 0 Å². The number of hydrogen-bond acceptors (Lipinski definition) is 5. The van der Waals surface area contributed by atoms with Crippen LogP contribution in [-0.2, 0) is 0 Å². The number of amides is 2. The molecule has 1 heterocycles. The van der Waals surface area contributed by atoms with Gasteiger partial charge in [-0.25, -0.2) is 9.78 Å². The maximum Gasteiger partial charge on any atom is 0.323 e. The number of carbonyl (C=O) groups is 1. The summed E-state index contributed by atoms with van der Waals surface area (Å²) < 4.78 is 0. The number of carbonyl (C=O) groups excluding carboxylic acids is 1. The number of hydrogen-bond donors (Lipinski definition) is 4. The van der Waals surface area contributed by atoms with Crippen LogP contribution in [0.25, 0.3) is 0 Å². The van der Waals surface area contributed by atoms with E-state index in [1.165, 1.54) is 37.7 Å². The van der Waals surface area contributed by atoms with Crippen LogP contribution in [0.3, 0.4) is 0 Å². The Labute approximate surface area is 195 Å². The predicted octanol–water partition coefficient (Wildman–Crippen LogP) is 6.53. The third-order valence-corrected chi connectivity index (χ3v) is 5.97. The van der Waals surface area contributed by atoms with Crippen LogP contribution >= 0.6 is 0 Å². The summed E-state index contributed by atoms with van der Waals surface area (Å²) in [5, 5.41) is 12.6. The van der Waals surface area contributed by atoms with E-state index < -0.39 is 0 Å². The second-order valence-electron chi connectivity index (χ2n) is 8.78. The highest BCUT2D eigenvalue weighted by molar-refractivity contribution is 5.99. The smallest absolute Gasteiger partial charge is 0.323 e. The average Bonchev–Trinajstić information content (AvgIpc) is 2.78. The Balaban J connectivity index is 1.35. The highest BCUT2D eigenvalue weighted by atomic mass is 16.2. The zero-order chi connectivity index (χ0) is 23.2. The third-order valence-electron chi connectivity index (χ3n) is 5.97. The van der Waals surface area contributed by atoms with Crippen LogP contribution < -0.4 is 21.3 Å². The van der Waals surface area contributed by atoms with Crippen LogP contribution in [0.2, 0.25) is 0 Å². The molecule has 1 aromatic heterocycles. The van der Waals surface area contributed by atoms with E-state index in [9.17, 15) is 4.79 Å². The SMILES string of the molecule is Cc1cc(Nc2ccc(NC(=O)Nc3ccc(C)c(C)c3)cc2)nc(NC2CCCCC2)n1. The van der Waals surface area contributed by atoms with Crippen molar-refractivity contribution in [3.8, 4) is 0 Å². The Kier molecular flexibility index (Phi) is 7.07. The molecular formula is C26H32N6O. The number of aromatic nitrogens is 2. The molecule has 0 aliphatic heterocycles. The number of nitrogens with one attached hydrogen (secondary N) is 4. The van der Waals surface area contributed by atoms with Gasteiger partial charge in [-0.3, -0.25) is 0 Å². The molecule has 0 radical (unpaired) electrons. The second-order valence-corrected chi connectivity index (χ2v) is 8.78. The standard InChI is InChI=1S/C26H32N6O/c1-17-9-10-23(15-18(17)2)31-26(33)30-22-13-11-21(12-14-22)28-24-16-19(3)27-25(32-24)29-20-7-5-4-6-8-20/h9-16,20H,4-8H2,1-3H3,(H2,30,31,33)(H2,27,28,29,32). The van der Waals surface area contributed by atoms with Gasteiger partial charge in [0.25, 0.3) is 0 Å². The number of aryl methyl sites for hydroxylation is 3. The molecule has 0 saturated heterocycles. The summed E-state index contributed by atoms with van der Waals surface area (Å²) in [6, 6.07) is 15.5. The number of rotatable bonds is 6. The molecule has 0 unspecified atom stereocenters. The normalized spacial score (nSPS) is 13.9. The van der Waals surface area contributed by atoms with Gasteiger partial charge in [0.2, 0.25) is 5.95 Å². The minimum atomic E-state index is -0.274. The first-order chi connectivity index (χ1) is 15.9. The Morgan fingerprint density at radius 1 is 0.788 bits per heavy atom. The van der Waals surface area contributed by atoms with Crippen molar-refractivity contribution in [1.29, 1.82) is 0 Å². The topological polar surface area (TPSA) is 91.0 Å². The van der Waals surface area contributed by atoms with Crippen LogP contribution in [0.15, 0.2) is 48.5 Å². The molecule has 7 nitrogen and oxygen atoms in total. The van der Waals surface area contributed by atoms with Gasteiger partial charge < -0.3 is 21.3 Å². The van der Waals surface area contributed by atoms with Crippen molar-refractivity contribution in [1.82, 2.24) is 9.97 Å². The molecule has 0 bridgehead atoms. The van der Waals surface area contributed by atoms with E-state index in [4.69, 9.17) is 0 Å². The summed E-state index contributed by atoms with van der Waals surface area (Å²) in [6.07, 6.45) is 6.18. The van der Waals surface area contributed by atoms with E-state index in [0.717, 1.165) is 28.5 Å². The zero-order valence-electron chi connectivity index (χ0n) is 19.5. The monoisotopic (exact) mass is 444 g/mol. The molecule has 2 amide bonds. The third kappa shape index (κ3) is 6.44. The molecule has 1 saturated carbocycles. The molecule has 4 rings (SSSR count). The van der Waals surface area contributed by atoms with Gasteiger partial charge in [0, 0.05) is 34.9 Å². The molecule has 0 atom stereocenters. The summed E-state index contributed by atoms with van der Waals surface area (Å²) in [7, 11) is 0. The number of urea groups is 1. The maximum atomic E-state index is 12.3. The van der Waals surface area contributed by atoms with Crippen LogP contribution in [0.4, 0.5) is 33.6 Å². The van der Waals surface area contributed by atoms with Crippen LogP contribution in [0.1, 0.15) is 48.9 Å². The van der Waals surface area contributed by atoms with Crippen LogP contribution in [0.5, 0.6) is 0 Å². The highest BCUT2D eigenvalue weighted by Crippen LogP contribution is 2.23. The van der Waals surface area contributed by atoms with Crippen molar-refractivity contribution in [3.05, 3.63) is 65.4 Å². The van der Waals surface area contributed by atoms with E-state index >= 15 is 0 Å². The lowest BCUT2D eigenvalue weighted by Gasteiger charge is -2.23. The summed E-state index contributed by atoms with van der Waals surface area (Å²) >= 11 is 0. The van der Waals surface area contributed by atoms with Gasteiger partial charge in [0.1, 0.15) is 5.82 Å². The van der Waals surface area contributed by atoms with Crippen molar-refractivity contribution >= 4 is 34.9 Å². The summed E-state index contributed by atoms with van der Waals surface area (Å²) in [5.74, 6) is 1.42. The first-order valence-corrected chi connectivity index (χ1v) is 11.6. The molecule has 3 aromatic rings. The largest absolute Gasteiger partial charge is 0.351 e. The van der Waals surface area contributed by atoms with E-state index in [-0.39, 0.29) is 6.03 Å². The summed E-state index contributed by atoms with van der Waals surface area (Å²) in [4.78, 5) is 21.5. The molecule has 1 aliphatic rings. The maximum absolute atomic E-state index is 12.3. The van der Waals surface area contributed by atoms with Crippen molar-refractivity contribution in [2.45, 2.75) is 58.9 Å². The lowest BCUT2D eigenvalue weighted by molar-refractivity contribution is 0.262. The van der Waals surface area contributed by atoms with Crippen LogP contribution in [0, 0.1) is 20.8 Å².